The largest absolute Gasteiger partial charge is 0.670 e. The first-order valence-electron chi connectivity index (χ1n) is 8.65. The smallest absolute Gasteiger partial charge is 0.416 e. The second-order valence-electron chi connectivity index (χ2n) is 6.44. The minimum absolute atomic E-state index is 0.154. The van der Waals surface area contributed by atoms with E-state index in [9.17, 15) is 18.0 Å². The van der Waals surface area contributed by atoms with Gasteiger partial charge < -0.3 is 10.6 Å². The first kappa shape index (κ1) is 18.8. The van der Waals surface area contributed by atoms with Gasteiger partial charge >= 0.3 is 6.18 Å². The summed E-state index contributed by atoms with van der Waals surface area (Å²) in [6, 6.07) is 7.66. The molecule has 1 atom stereocenters. The highest BCUT2D eigenvalue weighted by atomic mass is 32.1. The standard InChI is InChI=1S/C19H20F3N2OS/c20-19(21,22)13-8-10-15(11-9-13)23-17(16-7-4-12-26-16)18(25)24-14-5-2-1-3-6-14/h4,7-12,14,17H,1-3,5-6H2,(H,24,25)/q-1. The minimum atomic E-state index is -4.38. The molecule has 1 aliphatic rings. The number of amides is 1. The first-order chi connectivity index (χ1) is 12.4. The van der Waals surface area contributed by atoms with Crippen molar-refractivity contribution in [3.8, 4) is 0 Å². The number of benzene rings is 1. The summed E-state index contributed by atoms with van der Waals surface area (Å²) in [5.74, 6) is -0.195. The van der Waals surface area contributed by atoms with Crippen molar-refractivity contribution in [2.75, 3.05) is 0 Å². The Morgan fingerprint density at radius 3 is 2.38 bits per heavy atom. The summed E-state index contributed by atoms with van der Waals surface area (Å²) < 4.78 is 38.1. The van der Waals surface area contributed by atoms with Crippen LogP contribution in [0.25, 0.3) is 5.32 Å². The zero-order chi connectivity index (χ0) is 18.6. The second-order valence-corrected chi connectivity index (χ2v) is 7.41. The van der Waals surface area contributed by atoms with E-state index in [0.29, 0.717) is 5.69 Å². The molecule has 140 valence electrons. The lowest BCUT2D eigenvalue weighted by atomic mass is 9.95. The normalized spacial score (nSPS) is 16.9. The average Bonchev–Trinajstić information content (AvgIpc) is 3.14. The maximum Gasteiger partial charge on any atom is 0.416 e. The Kier molecular flexibility index (Phi) is 5.86. The highest BCUT2D eigenvalue weighted by molar-refractivity contribution is 7.10. The van der Waals surface area contributed by atoms with Crippen LogP contribution >= 0.6 is 11.3 Å². The van der Waals surface area contributed by atoms with E-state index < -0.39 is 17.8 Å². The summed E-state index contributed by atoms with van der Waals surface area (Å²) >= 11 is 1.41. The van der Waals surface area contributed by atoms with Crippen LogP contribution in [0.5, 0.6) is 0 Å². The lowest BCUT2D eigenvalue weighted by Crippen LogP contribution is -2.38. The topological polar surface area (TPSA) is 43.2 Å². The molecule has 1 amide bonds. The Morgan fingerprint density at radius 2 is 1.81 bits per heavy atom. The Labute approximate surface area is 154 Å². The molecular formula is C19H20F3N2OS-. The number of alkyl halides is 3. The fourth-order valence-electron chi connectivity index (χ4n) is 3.11. The fourth-order valence-corrected chi connectivity index (χ4v) is 3.87. The molecule has 0 bridgehead atoms. The van der Waals surface area contributed by atoms with Crippen molar-refractivity contribution in [1.29, 1.82) is 0 Å². The zero-order valence-corrected chi connectivity index (χ0v) is 14.9. The summed E-state index contributed by atoms with van der Waals surface area (Å²) in [6.45, 7) is 0. The predicted octanol–water partition coefficient (Wildman–Crippen LogP) is 5.96. The molecule has 0 aliphatic heterocycles. The van der Waals surface area contributed by atoms with Gasteiger partial charge in [-0.1, -0.05) is 49.6 Å². The molecule has 3 nitrogen and oxygen atoms in total. The molecule has 1 aliphatic carbocycles. The number of thiophene rings is 1. The van der Waals surface area contributed by atoms with Crippen LogP contribution in [-0.2, 0) is 11.0 Å². The van der Waals surface area contributed by atoms with Crippen molar-refractivity contribution in [3.63, 3.8) is 0 Å². The van der Waals surface area contributed by atoms with Crippen LogP contribution in [0, 0.1) is 0 Å². The number of hydrogen-bond donors (Lipinski definition) is 1. The maximum absolute atomic E-state index is 12.8. The van der Waals surface area contributed by atoms with E-state index in [-0.39, 0.29) is 11.9 Å². The third-order valence-electron chi connectivity index (χ3n) is 4.49. The summed E-state index contributed by atoms with van der Waals surface area (Å²) in [4.78, 5) is 13.5. The molecule has 2 aromatic rings. The van der Waals surface area contributed by atoms with Gasteiger partial charge in [0.2, 0.25) is 5.91 Å². The quantitative estimate of drug-likeness (QED) is 0.682. The minimum Gasteiger partial charge on any atom is -0.670 e. The molecule has 1 saturated carbocycles. The molecule has 26 heavy (non-hydrogen) atoms. The summed E-state index contributed by atoms with van der Waals surface area (Å²) in [5.41, 5.74) is -0.369. The van der Waals surface area contributed by atoms with Crippen LogP contribution in [0.15, 0.2) is 41.8 Å². The van der Waals surface area contributed by atoms with Crippen molar-refractivity contribution in [3.05, 3.63) is 57.5 Å². The number of hydrogen-bond acceptors (Lipinski definition) is 2. The Morgan fingerprint density at radius 1 is 1.12 bits per heavy atom. The fraction of sp³-hybridized carbons (Fsp3) is 0.421. The van der Waals surface area contributed by atoms with Gasteiger partial charge in [-0.15, -0.1) is 17.0 Å². The van der Waals surface area contributed by atoms with Gasteiger partial charge in [-0.05, 0) is 35.2 Å². The molecule has 1 fully saturated rings. The van der Waals surface area contributed by atoms with Gasteiger partial charge in [0.15, 0.2) is 0 Å². The molecule has 1 unspecified atom stereocenters. The maximum atomic E-state index is 12.8. The van der Waals surface area contributed by atoms with E-state index in [4.69, 9.17) is 0 Å². The van der Waals surface area contributed by atoms with Crippen molar-refractivity contribution < 1.29 is 18.0 Å². The van der Waals surface area contributed by atoms with Gasteiger partial charge in [-0.3, -0.25) is 4.79 Å². The molecule has 0 radical (unpaired) electrons. The van der Waals surface area contributed by atoms with E-state index in [1.54, 1.807) is 0 Å². The van der Waals surface area contributed by atoms with Gasteiger partial charge in [-0.25, -0.2) is 0 Å². The SMILES string of the molecule is O=C(NC1CCCCC1)C([N-]c1ccc(C(F)(F)F)cc1)c1cccs1. The number of rotatable bonds is 5. The monoisotopic (exact) mass is 381 g/mol. The van der Waals surface area contributed by atoms with Crippen LogP contribution in [0.2, 0.25) is 0 Å². The molecule has 3 rings (SSSR count). The Balaban J connectivity index is 1.73. The number of nitrogens with zero attached hydrogens (tertiary/aromatic N) is 1. The summed E-state index contributed by atoms with van der Waals surface area (Å²) in [7, 11) is 0. The highest BCUT2D eigenvalue weighted by Crippen LogP contribution is 2.36. The molecular weight excluding hydrogens is 361 g/mol. The van der Waals surface area contributed by atoms with Crippen LogP contribution in [0.4, 0.5) is 18.9 Å². The van der Waals surface area contributed by atoms with Crippen molar-refractivity contribution in [2.24, 2.45) is 0 Å². The van der Waals surface area contributed by atoms with E-state index >= 15 is 0 Å². The van der Waals surface area contributed by atoms with E-state index in [1.807, 2.05) is 17.5 Å². The van der Waals surface area contributed by atoms with E-state index in [1.165, 1.54) is 29.9 Å². The summed E-state index contributed by atoms with van der Waals surface area (Å²) in [6.07, 6.45) is 0.933. The van der Waals surface area contributed by atoms with Crippen LogP contribution < -0.4 is 5.32 Å². The Hall–Kier alpha value is -2.02. The van der Waals surface area contributed by atoms with Gasteiger partial charge in [0.1, 0.15) is 0 Å². The summed E-state index contributed by atoms with van der Waals surface area (Å²) in [5, 5.41) is 9.34. The number of carbonyl (C=O) groups is 1. The second kappa shape index (κ2) is 8.12. The average molecular weight is 381 g/mol. The number of halogens is 3. The third-order valence-corrected chi connectivity index (χ3v) is 5.41. The number of nitrogens with one attached hydrogen (secondary N) is 1. The van der Waals surface area contributed by atoms with Crippen LogP contribution in [-0.4, -0.2) is 11.9 Å². The Bertz CT molecular complexity index is 707. The highest BCUT2D eigenvalue weighted by Gasteiger charge is 2.29. The molecule has 1 aromatic heterocycles. The van der Waals surface area contributed by atoms with E-state index in [2.05, 4.69) is 10.6 Å². The molecule has 1 heterocycles. The van der Waals surface area contributed by atoms with Crippen LogP contribution in [0.1, 0.15) is 48.6 Å². The first-order valence-corrected chi connectivity index (χ1v) is 9.53. The van der Waals surface area contributed by atoms with Gasteiger partial charge in [0.05, 0.1) is 5.56 Å². The van der Waals surface area contributed by atoms with Crippen LogP contribution in [0.3, 0.4) is 0 Å². The molecule has 0 saturated heterocycles. The molecule has 0 spiro atoms. The van der Waals surface area contributed by atoms with Gasteiger partial charge in [-0.2, -0.15) is 13.2 Å². The zero-order valence-electron chi connectivity index (χ0n) is 14.1. The lowest BCUT2D eigenvalue weighted by Gasteiger charge is -2.34. The van der Waals surface area contributed by atoms with E-state index in [0.717, 1.165) is 42.7 Å². The van der Waals surface area contributed by atoms with Gasteiger partial charge in [0, 0.05) is 6.04 Å². The predicted molar refractivity (Wildman–Crippen MR) is 96.5 cm³/mol. The molecule has 1 N–H and O–H groups in total. The van der Waals surface area contributed by atoms with Crippen molar-refractivity contribution in [1.82, 2.24) is 5.32 Å². The molecule has 7 heteroatoms. The lowest BCUT2D eigenvalue weighted by molar-refractivity contribution is -0.137. The third kappa shape index (κ3) is 4.78. The molecule has 1 aromatic carbocycles. The van der Waals surface area contributed by atoms with Gasteiger partial charge in [0.25, 0.3) is 0 Å². The number of carbonyl (C=O) groups excluding carboxylic acids is 1. The van der Waals surface area contributed by atoms with Crippen molar-refractivity contribution in [2.45, 2.75) is 50.4 Å². The van der Waals surface area contributed by atoms with Crippen molar-refractivity contribution >= 4 is 22.9 Å².